The number of nitrogens with zero attached hydrogens (tertiary/aromatic N) is 2. The van der Waals surface area contributed by atoms with E-state index in [1.807, 2.05) is 12.1 Å². The topological polar surface area (TPSA) is 59.1 Å². The SMILES string of the molecule is CN1CCOCCCCC2(CCN(C(=O)c3ccc(C(F)(F)F)cc3)CC2)COc2ccccc2C1=O. The number of halogens is 3. The third-order valence-corrected chi connectivity index (χ3v) is 7.39. The normalized spacial score (nSPS) is 19.6. The molecule has 2 aromatic carbocycles. The summed E-state index contributed by atoms with van der Waals surface area (Å²) in [7, 11) is 1.75. The van der Waals surface area contributed by atoms with E-state index in [1.165, 1.54) is 12.1 Å². The molecule has 9 heteroatoms. The van der Waals surface area contributed by atoms with Crippen molar-refractivity contribution in [1.29, 1.82) is 0 Å². The Bertz CT molecular complexity index is 1080. The van der Waals surface area contributed by atoms with Gasteiger partial charge in [0.15, 0.2) is 0 Å². The van der Waals surface area contributed by atoms with Gasteiger partial charge in [-0.1, -0.05) is 18.6 Å². The van der Waals surface area contributed by atoms with E-state index in [2.05, 4.69) is 0 Å². The predicted octanol–water partition coefficient (Wildman–Crippen LogP) is 5.28. The third-order valence-electron chi connectivity index (χ3n) is 7.39. The molecule has 0 saturated carbocycles. The van der Waals surface area contributed by atoms with Crippen LogP contribution in [0.5, 0.6) is 5.75 Å². The van der Waals surface area contributed by atoms with Gasteiger partial charge >= 0.3 is 6.18 Å². The standard InChI is InChI=1S/C28H33F3N2O4/c1-32-17-19-36-18-5-4-12-27(20-37-24-7-3-2-6-23(24)26(32)35)13-15-33(16-14-27)25(34)21-8-10-22(11-9-21)28(29,30)31/h2-3,6-11H,4-5,12-20H2,1H3. The molecule has 0 atom stereocenters. The van der Waals surface area contributed by atoms with Gasteiger partial charge in [0.1, 0.15) is 5.75 Å². The van der Waals surface area contributed by atoms with E-state index >= 15 is 0 Å². The first kappa shape index (κ1) is 27.0. The van der Waals surface area contributed by atoms with Crippen LogP contribution < -0.4 is 4.74 Å². The molecular weight excluding hydrogens is 485 g/mol. The zero-order valence-electron chi connectivity index (χ0n) is 21.1. The van der Waals surface area contributed by atoms with E-state index in [0.29, 0.717) is 63.6 Å². The van der Waals surface area contributed by atoms with Gasteiger partial charge in [-0.3, -0.25) is 9.59 Å². The van der Waals surface area contributed by atoms with Gasteiger partial charge in [-0.2, -0.15) is 13.2 Å². The summed E-state index contributed by atoms with van der Waals surface area (Å²) in [6.07, 6.45) is -0.285. The van der Waals surface area contributed by atoms with Crippen molar-refractivity contribution in [2.75, 3.05) is 46.5 Å². The van der Waals surface area contributed by atoms with Crippen LogP contribution in [0.1, 0.15) is 58.4 Å². The number of hydrogen-bond donors (Lipinski definition) is 0. The van der Waals surface area contributed by atoms with Gasteiger partial charge in [0, 0.05) is 44.3 Å². The maximum atomic E-state index is 13.0. The minimum atomic E-state index is -4.44. The van der Waals surface area contributed by atoms with Crippen LogP contribution in [0.3, 0.4) is 0 Å². The van der Waals surface area contributed by atoms with E-state index in [-0.39, 0.29) is 22.8 Å². The van der Waals surface area contributed by atoms with Crippen LogP contribution in [0.25, 0.3) is 0 Å². The summed E-state index contributed by atoms with van der Waals surface area (Å²) >= 11 is 0. The van der Waals surface area contributed by atoms with Crippen molar-refractivity contribution in [2.45, 2.75) is 38.3 Å². The highest BCUT2D eigenvalue weighted by molar-refractivity contribution is 5.96. The molecule has 2 heterocycles. The fraction of sp³-hybridized carbons (Fsp3) is 0.500. The summed E-state index contributed by atoms with van der Waals surface area (Å²) in [4.78, 5) is 29.3. The smallest absolute Gasteiger partial charge is 0.416 e. The first-order valence-electron chi connectivity index (χ1n) is 12.7. The molecule has 1 fully saturated rings. The van der Waals surface area contributed by atoms with Crippen LogP contribution in [-0.2, 0) is 10.9 Å². The number of para-hydroxylation sites is 1. The van der Waals surface area contributed by atoms with Crippen molar-refractivity contribution in [1.82, 2.24) is 9.80 Å². The first-order chi connectivity index (χ1) is 17.7. The molecule has 2 amide bonds. The first-order valence-corrected chi connectivity index (χ1v) is 12.7. The van der Waals surface area contributed by atoms with Crippen LogP contribution >= 0.6 is 0 Å². The molecule has 0 radical (unpaired) electrons. The molecule has 1 saturated heterocycles. The van der Waals surface area contributed by atoms with Crippen LogP contribution in [-0.4, -0.2) is 68.1 Å². The van der Waals surface area contributed by atoms with Gasteiger partial charge in [-0.25, -0.2) is 0 Å². The van der Waals surface area contributed by atoms with E-state index in [9.17, 15) is 22.8 Å². The molecule has 2 aromatic rings. The Balaban J connectivity index is 1.46. The Labute approximate surface area is 215 Å². The van der Waals surface area contributed by atoms with Crippen molar-refractivity contribution < 1.29 is 32.2 Å². The molecule has 2 aliphatic rings. The molecule has 37 heavy (non-hydrogen) atoms. The van der Waals surface area contributed by atoms with Crippen LogP contribution in [0.15, 0.2) is 48.5 Å². The summed E-state index contributed by atoms with van der Waals surface area (Å²) in [5, 5.41) is 0. The Morgan fingerprint density at radius 2 is 1.62 bits per heavy atom. The second-order valence-electron chi connectivity index (χ2n) is 9.95. The Morgan fingerprint density at radius 1 is 0.919 bits per heavy atom. The average Bonchev–Trinajstić information content (AvgIpc) is 2.90. The highest BCUT2D eigenvalue weighted by Crippen LogP contribution is 2.38. The van der Waals surface area contributed by atoms with Gasteiger partial charge < -0.3 is 19.3 Å². The highest BCUT2D eigenvalue weighted by Gasteiger charge is 2.37. The zero-order chi connectivity index (χ0) is 26.5. The lowest BCUT2D eigenvalue weighted by molar-refractivity contribution is -0.137. The molecule has 0 aliphatic carbocycles. The van der Waals surface area contributed by atoms with Crippen LogP contribution in [0.2, 0.25) is 0 Å². The molecular formula is C28H33F3N2O4. The Hall–Kier alpha value is -3.07. The van der Waals surface area contributed by atoms with Crippen molar-refractivity contribution in [3.63, 3.8) is 0 Å². The van der Waals surface area contributed by atoms with Crippen molar-refractivity contribution in [3.8, 4) is 5.75 Å². The van der Waals surface area contributed by atoms with Crippen molar-refractivity contribution in [2.24, 2.45) is 5.41 Å². The number of piperidine rings is 1. The minimum absolute atomic E-state index is 0.123. The minimum Gasteiger partial charge on any atom is -0.492 e. The average molecular weight is 519 g/mol. The third kappa shape index (κ3) is 6.63. The number of benzene rings is 2. The molecule has 2 aliphatic heterocycles. The summed E-state index contributed by atoms with van der Waals surface area (Å²) < 4.78 is 50.7. The number of likely N-dealkylation sites (N-methyl/N-ethyl adjacent to an activating group) is 1. The van der Waals surface area contributed by atoms with Crippen molar-refractivity contribution >= 4 is 11.8 Å². The lowest BCUT2D eigenvalue weighted by Gasteiger charge is -2.42. The maximum Gasteiger partial charge on any atom is 0.416 e. The number of hydrogen-bond acceptors (Lipinski definition) is 4. The molecule has 0 bridgehead atoms. The monoisotopic (exact) mass is 518 g/mol. The summed E-state index contributed by atoms with van der Waals surface area (Å²) in [6.45, 7) is 2.99. The lowest BCUT2D eigenvalue weighted by atomic mass is 9.75. The summed E-state index contributed by atoms with van der Waals surface area (Å²) in [5.41, 5.74) is -0.192. The number of carbonyl (C=O) groups is 2. The van der Waals surface area contributed by atoms with Crippen LogP contribution in [0.4, 0.5) is 13.2 Å². The molecule has 0 N–H and O–H groups in total. The van der Waals surface area contributed by atoms with Gasteiger partial charge in [0.05, 0.1) is 24.3 Å². The molecule has 6 nitrogen and oxygen atoms in total. The number of ether oxygens (including phenoxy) is 2. The maximum absolute atomic E-state index is 13.0. The largest absolute Gasteiger partial charge is 0.492 e. The number of rotatable bonds is 1. The number of amides is 2. The number of fused-ring (bicyclic) bond motifs is 1. The highest BCUT2D eigenvalue weighted by atomic mass is 19.4. The summed E-state index contributed by atoms with van der Waals surface area (Å²) in [5.74, 6) is 0.153. The predicted molar refractivity (Wildman–Crippen MR) is 133 cm³/mol. The van der Waals surface area contributed by atoms with E-state index in [1.54, 1.807) is 29.0 Å². The second-order valence-corrected chi connectivity index (χ2v) is 9.95. The van der Waals surface area contributed by atoms with Gasteiger partial charge in [0.25, 0.3) is 11.8 Å². The Morgan fingerprint density at radius 3 is 2.32 bits per heavy atom. The van der Waals surface area contributed by atoms with Crippen LogP contribution in [0, 0.1) is 5.41 Å². The van der Waals surface area contributed by atoms with Gasteiger partial charge in [-0.05, 0) is 62.1 Å². The molecule has 1 spiro atoms. The van der Waals surface area contributed by atoms with E-state index < -0.39 is 11.7 Å². The van der Waals surface area contributed by atoms with Crippen molar-refractivity contribution in [3.05, 3.63) is 65.2 Å². The molecule has 200 valence electrons. The number of alkyl halides is 3. The van der Waals surface area contributed by atoms with Gasteiger partial charge in [0.2, 0.25) is 0 Å². The fourth-order valence-electron chi connectivity index (χ4n) is 4.95. The molecule has 0 unspecified atom stereocenters. The zero-order valence-corrected chi connectivity index (χ0v) is 21.1. The summed E-state index contributed by atoms with van der Waals surface area (Å²) in [6, 6.07) is 11.6. The second kappa shape index (κ2) is 11.5. The van der Waals surface area contributed by atoms with Gasteiger partial charge in [-0.15, -0.1) is 0 Å². The van der Waals surface area contributed by atoms with E-state index in [4.69, 9.17) is 9.47 Å². The fourth-order valence-corrected chi connectivity index (χ4v) is 4.95. The van der Waals surface area contributed by atoms with E-state index in [0.717, 1.165) is 31.4 Å². The Kier molecular flexibility index (Phi) is 8.42. The quantitative estimate of drug-likeness (QED) is 0.516. The number of carbonyl (C=O) groups excluding carboxylic acids is 2. The number of likely N-dealkylation sites (tertiary alicyclic amines) is 1. The molecule has 4 rings (SSSR count). The lowest BCUT2D eigenvalue weighted by Crippen LogP contribution is -2.45. The molecule has 0 aromatic heterocycles.